The summed E-state index contributed by atoms with van der Waals surface area (Å²) in [6, 6.07) is 0.658. The minimum Gasteiger partial charge on any atom is -0.361 e. The molecule has 4 heteroatoms. The number of amidine groups is 1. The van der Waals surface area contributed by atoms with Crippen molar-refractivity contribution >= 4 is 28.7 Å². The minimum absolute atomic E-state index is 0.555. The summed E-state index contributed by atoms with van der Waals surface area (Å²) in [6.45, 7) is 1.08. The van der Waals surface area contributed by atoms with Crippen LogP contribution in [-0.2, 0) is 0 Å². The van der Waals surface area contributed by atoms with E-state index in [0.29, 0.717) is 11.5 Å². The van der Waals surface area contributed by atoms with Gasteiger partial charge in [0.05, 0.1) is 0 Å². The standard InChI is InChI=1S/C16H28N2S2/c1-19-14-8-4-3-7-13(14)18-15-17-11-16(12-20-15)9-5-2-6-10-16/h13-14H,2-12H2,1H3,(H,17,18). The molecule has 0 saturated heterocycles. The van der Waals surface area contributed by atoms with Crippen LogP contribution in [0.4, 0.5) is 0 Å². The fraction of sp³-hybridized carbons (Fsp3) is 0.938. The first-order valence-corrected chi connectivity index (χ1v) is 10.6. The maximum atomic E-state index is 4.93. The molecule has 3 aliphatic rings. The highest BCUT2D eigenvalue weighted by Crippen LogP contribution is 2.41. The second-order valence-electron chi connectivity index (χ2n) is 6.78. The van der Waals surface area contributed by atoms with Gasteiger partial charge in [-0.15, -0.1) is 0 Å². The lowest BCUT2D eigenvalue weighted by atomic mass is 9.75. The van der Waals surface area contributed by atoms with Gasteiger partial charge in [0.25, 0.3) is 0 Å². The fourth-order valence-electron chi connectivity index (χ4n) is 3.95. The average molecular weight is 313 g/mol. The summed E-state index contributed by atoms with van der Waals surface area (Å²) in [5.41, 5.74) is 0.555. The van der Waals surface area contributed by atoms with Gasteiger partial charge in [-0.3, -0.25) is 4.99 Å². The Hall–Kier alpha value is 0.170. The van der Waals surface area contributed by atoms with E-state index < -0.39 is 0 Å². The highest BCUT2D eigenvalue weighted by molar-refractivity contribution is 8.13. The third-order valence-electron chi connectivity index (χ3n) is 5.30. The molecule has 2 fully saturated rings. The second kappa shape index (κ2) is 6.95. The van der Waals surface area contributed by atoms with Crippen molar-refractivity contribution < 1.29 is 0 Å². The highest BCUT2D eigenvalue weighted by Gasteiger charge is 2.35. The van der Waals surface area contributed by atoms with Crippen LogP contribution in [0, 0.1) is 5.41 Å². The number of thioether (sulfide) groups is 2. The van der Waals surface area contributed by atoms with Crippen LogP contribution in [0.2, 0.25) is 0 Å². The molecule has 1 N–H and O–H groups in total. The predicted molar refractivity (Wildman–Crippen MR) is 93.0 cm³/mol. The van der Waals surface area contributed by atoms with E-state index in [4.69, 9.17) is 4.99 Å². The number of hydrogen-bond acceptors (Lipinski definition) is 4. The Kier molecular flexibility index (Phi) is 5.24. The molecule has 0 bridgehead atoms. The van der Waals surface area contributed by atoms with Crippen LogP contribution in [0.5, 0.6) is 0 Å². The summed E-state index contributed by atoms with van der Waals surface area (Å²) >= 11 is 4.04. The molecule has 0 aromatic carbocycles. The Labute approximate surface area is 132 Å². The summed E-state index contributed by atoms with van der Waals surface area (Å²) in [4.78, 5) is 4.93. The Bertz CT molecular complexity index is 350. The number of aliphatic imine (C=N–C) groups is 1. The van der Waals surface area contributed by atoms with Crippen LogP contribution in [-0.4, -0.2) is 35.0 Å². The van der Waals surface area contributed by atoms with Crippen molar-refractivity contribution in [3.63, 3.8) is 0 Å². The highest BCUT2D eigenvalue weighted by atomic mass is 32.2. The molecule has 0 radical (unpaired) electrons. The predicted octanol–water partition coefficient (Wildman–Crippen LogP) is 4.30. The van der Waals surface area contributed by atoms with E-state index in [-0.39, 0.29) is 0 Å². The van der Waals surface area contributed by atoms with Crippen LogP contribution in [0.3, 0.4) is 0 Å². The first-order valence-electron chi connectivity index (χ1n) is 8.28. The summed E-state index contributed by atoms with van der Waals surface area (Å²) in [5.74, 6) is 1.30. The van der Waals surface area contributed by atoms with Crippen molar-refractivity contribution in [2.75, 3.05) is 18.6 Å². The van der Waals surface area contributed by atoms with Gasteiger partial charge in [-0.25, -0.2) is 0 Å². The molecule has 0 aromatic heterocycles. The minimum atomic E-state index is 0.555. The monoisotopic (exact) mass is 312 g/mol. The van der Waals surface area contributed by atoms with E-state index in [0.717, 1.165) is 11.8 Å². The Morgan fingerprint density at radius 2 is 1.95 bits per heavy atom. The van der Waals surface area contributed by atoms with Gasteiger partial charge in [-0.2, -0.15) is 11.8 Å². The van der Waals surface area contributed by atoms with Crippen LogP contribution in [0.1, 0.15) is 57.8 Å². The van der Waals surface area contributed by atoms with Gasteiger partial charge < -0.3 is 5.32 Å². The van der Waals surface area contributed by atoms with E-state index in [1.165, 1.54) is 68.7 Å². The molecule has 114 valence electrons. The summed E-state index contributed by atoms with van der Waals surface area (Å²) < 4.78 is 0. The molecule has 2 saturated carbocycles. The lowest BCUT2D eigenvalue weighted by molar-refractivity contribution is 0.232. The van der Waals surface area contributed by atoms with Crippen molar-refractivity contribution in [1.82, 2.24) is 5.32 Å². The van der Waals surface area contributed by atoms with Crippen LogP contribution >= 0.6 is 23.5 Å². The molecule has 2 aliphatic carbocycles. The molecule has 0 aromatic rings. The third-order valence-corrected chi connectivity index (χ3v) is 7.75. The molecule has 1 spiro atoms. The van der Waals surface area contributed by atoms with Gasteiger partial charge in [0.15, 0.2) is 5.17 Å². The Morgan fingerprint density at radius 3 is 2.65 bits per heavy atom. The van der Waals surface area contributed by atoms with Gasteiger partial charge in [0.1, 0.15) is 0 Å². The Balaban J connectivity index is 1.56. The number of rotatable bonds is 2. The van der Waals surface area contributed by atoms with Crippen molar-refractivity contribution in [2.45, 2.75) is 69.1 Å². The Morgan fingerprint density at radius 1 is 1.15 bits per heavy atom. The van der Waals surface area contributed by atoms with Gasteiger partial charge in [0.2, 0.25) is 0 Å². The molecule has 2 nitrogen and oxygen atoms in total. The molecule has 2 unspecified atom stereocenters. The molecule has 2 atom stereocenters. The first-order chi connectivity index (χ1) is 9.81. The lowest BCUT2D eigenvalue weighted by Gasteiger charge is -2.39. The number of nitrogens with zero attached hydrogens (tertiary/aromatic N) is 1. The van der Waals surface area contributed by atoms with Crippen LogP contribution in [0.15, 0.2) is 4.99 Å². The first kappa shape index (κ1) is 15.1. The number of nitrogens with one attached hydrogen (secondary N) is 1. The van der Waals surface area contributed by atoms with Crippen LogP contribution < -0.4 is 5.32 Å². The van der Waals surface area contributed by atoms with Gasteiger partial charge >= 0.3 is 0 Å². The molecule has 20 heavy (non-hydrogen) atoms. The molecule has 3 rings (SSSR count). The lowest BCUT2D eigenvalue weighted by Crippen LogP contribution is -2.45. The van der Waals surface area contributed by atoms with E-state index in [1.807, 2.05) is 23.5 Å². The van der Waals surface area contributed by atoms with Crippen molar-refractivity contribution in [3.8, 4) is 0 Å². The largest absolute Gasteiger partial charge is 0.361 e. The molecular weight excluding hydrogens is 284 g/mol. The maximum absolute atomic E-state index is 4.93. The molecule has 0 amide bonds. The van der Waals surface area contributed by atoms with Crippen molar-refractivity contribution in [2.24, 2.45) is 10.4 Å². The third kappa shape index (κ3) is 3.49. The van der Waals surface area contributed by atoms with E-state index in [2.05, 4.69) is 11.6 Å². The van der Waals surface area contributed by atoms with E-state index in [9.17, 15) is 0 Å². The molecule has 1 aliphatic heterocycles. The van der Waals surface area contributed by atoms with Gasteiger partial charge in [-0.1, -0.05) is 43.9 Å². The average Bonchev–Trinajstić information content (AvgIpc) is 2.51. The van der Waals surface area contributed by atoms with Crippen molar-refractivity contribution in [1.29, 1.82) is 0 Å². The summed E-state index contributed by atoms with van der Waals surface area (Å²) in [5, 5.41) is 5.81. The zero-order valence-corrected chi connectivity index (χ0v) is 14.3. The fourth-order valence-corrected chi connectivity index (χ4v) is 6.09. The van der Waals surface area contributed by atoms with Gasteiger partial charge in [-0.05, 0) is 37.4 Å². The van der Waals surface area contributed by atoms with E-state index >= 15 is 0 Å². The summed E-state index contributed by atoms with van der Waals surface area (Å²) in [6.07, 6.45) is 14.9. The zero-order chi connectivity index (χ0) is 13.8. The SMILES string of the molecule is CSC1CCCCC1NC1=NCC2(CCCCC2)CS1. The zero-order valence-electron chi connectivity index (χ0n) is 12.7. The van der Waals surface area contributed by atoms with Gasteiger partial charge in [0, 0.05) is 23.6 Å². The topological polar surface area (TPSA) is 24.4 Å². The van der Waals surface area contributed by atoms with Crippen LogP contribution in [0.25, 0.3) is 0 Å². The number of hydrogen-bond donors (Lipinski definition) is 1. The summed E-state index contributed by atoms with van der Waals surface area (Å²) in [7, 11) is 0. The molecule has 1 heterocycles. The van der Waals surface area contributed by atoms with Crippen molar-refractivity contribution in [3.05, 3.63) is 0 Å². The maximum Gasteiger partial charge on any atom is 0.156 e. The second-order valence-corrected chi connectivity index (χ2v) is 8.82. The normalized spacial score (nSPS) is 33.8. The quantitative estimate of drug-likeness (QED) is 0.822. The smallest absolute Gasteiger partial charge is 0.156 e. The molecular formula is C16H28N2S2. The van der Waals surface area contributed by atoms with E-state index in [1.54, 1.807) is 0 Å².